The summed E-state index contributed by atoms with van der Waals surface area (Å²) >= 11 is 6.05. The summed E-state index contributed by atoms with van der Waals surface area (Å²) < 4.78 is 12.6. The Labute approximate surface area is 183 Å². The molecule has 27 heavy (non-hydrogen) atoms. The summed E-state index contributed by atoms with van der Waals surface area (Å²) in [7, 11) is 7.43. The molecule has 0 aliphatic heterocycles. The third kappa shape index (κ3) is 7.59. The number of rotatable bonds is 8. The van der Waals surface area contributed by atoms with Crippen LogP contribution in [-0.2, 0) is 24.9 Å². The van der Waals surface area contributed by atoms with Crippen molar-refractivity contribution in [3.63, 3.8) is 0 Å². The average molecular weight is 507 g/mol. The van der Waals surface area contributed by atoms with Gasteiger partial charge in [-0.1, -0.05) is 23.7 Å². The van der Waals surface area contributed by atoms with Crippen LogP contribution >= 0.6 is 35.6 Å². The van der Waals surface area contributed by atoms with E-state index in [2.05, 4.69) is 15.2 Å². The fourth-order valence-electron chi connectivity index (χ4n) is 2.55. The van der Waals surface area contributed by atoms with Crippen LogP contribution in [0.3, 0.4) is 0 Å². The van der Waals surface area contributed by atoms with Gasteiger partial charge in [0.25, 0.3) is 0 Å². The van der Waals surface area contributed by atoms with Gasteiger partial charge in [-0.25, -0.2) is 0 Å². The molecule has 0 saturated carbocycles. The molecule has 1 aromatic carbocycles. The first-order valence-corrected chi connectivity index (χ1v) is 8.84. The van der Waals surface area contributed by atoms with Crippen LogP contribution in [0, 0.1) is 0 Å². The summed E-state index contributed by atoms with van der Waals surface area (Å²) in [6.07, 6.45) is 1.90. The quantitative estimate of drug-likeness (QED) is 0.258. The molecule has 0 spiro atoms. The van der Waals surface area contributed by atoms with Crippen molar-refractivity contribution >= 4 is 41.5 Å². The van der Waals surface area contributed by atoms with Gasteiger partial charge < -0.3 is 24.3 Å². The van der Waals surface area contributed by atoms with Crippen LogP contribution < -0.4 is 10.1 Å². The molecule has 1 aromatic heterocycles. The number of methoxy groups -OCH3 is 1. The molecule has 0 saturated heterocycles. The number of guanidine groups is 1. The number of benzene rings is 1. The van der Waals surface area contributed by atoms with E-state index in [0.29, 0.717) is 19.8 Å². The zero-order valence-electron chi connectivity index (χ0n) is 16.2. The van der Waals surface area contributed by atoms with Crippen molar-refractivity contribution in [2.45, 2.75) is 13.1 Å². The minimum atomic E-state index is 0. The van der Waals surface area contributed by atoms with Crippen LogP contribution in [0.5, 0.6) is 5.75 Å². The fraction of sp³-hybridized carbons (Fsp3) is 0.421. The Morgan fingerprint density at radius 2 is 1.96 bits per heavy atom. The number of nitrogens with one attached hydrogen (secondary N) is 1. The number of aliphatic imine (C=N–C) groups is 1. The van der Waals surface area contributed by atoms with Crippen molar-refractivity contribution < 1.29 is 9.47 Å². The van der Waals surface area contributed by atoms with E-state index in [-0.39, 0.29) is 24.0 Å². The minimum absolute atomic E-state index is 0. The molecule has 0 atom stereocenters. The van der Waals surface area contributed by atoms with Crippen LogP contribution in [-0.4, -0.2) is 49.8 Å². The zero-order chi connectivity index (χ0) is 18.9. The van der Waals surface area contributed by atoms with Crippen LogP contribution in [0.1, 0.15) is 11.3 Å². The molecule has 1 heterocycles. The van der Waals surface area contributed by atoms with E-state index in [4.69, 9.17) is 21.1 Å². The molecule has 0 amide bonds. The van der Waals surface area contributed by atoms with Crippen molar-refractivity contribution in [3.8, 4) is 5.75 Å². The number of aromatic nitrogens is 1. The first-order valence-electron chi connectivity index (χ1n) is 8.46. The van der Waals surface area contributed by atoms with E-state index in [1.807, 2.05) is 55.2 Å². The number of aryl methyl sites for hydroxylation is 1. The lowest BCUT2D eigenvalue weighted by Gasteiger charge is -2.22. The topological polar surface area (TPSA) is 51.0 Å². The number of hydrogen-bond donors (Lipinski definition) is 1. The molecular formula is C19H28ClIN4O2. The van der Waals surface area contributed by atoms with Crippen LogP contribution in [0.4, 0.5) is 0 Å². The van der Waals surface area contributed by atoms with E-state index in [9.17, 15) is 0 Å². The number of hydrogen-bond acceptors (Lipinski definition) is 3. The Bertz CT molecular complexity index is 719. The lowest BCUT2D eigenvalue weighted by atomic mass is 10.2. The van der Waals surface area contributed by atoms with Gasteiger partial charge in [0, 0.05) is 46.7 Å². The second-order valence-electron chi connectivity index (χ2n) is 6.00. The Kier molecular flexibility index (Phi) is 10.6. The summed E-state index contributed by atoms with van der Waals surface area (Å²) in [5.41, 5.74) is 2.28. The van der Waals surface area contributed by atoms with Crippen molar-refractivity contribution in [1.82, 2.24) is 14.8 Å². The number of nitrogens with zero attached hydrogens (tertiary/aromatic N) is 3. The lowest BCUT2D eigenvalue weighted by molar-refractivity contribution is 0.146. The van der Waals surface area contributed by atoms with Gasteiger partial charge >= 0.3 is 0 Å². The SMILES string of the molecule is CN=C(NCc1ccc(OCCOC)cc1)N(C)Cc1cc(Cl)cn1C.I. The predicted molar refractivity (Wildman–Crippen MR) is 121 cm³/mol. The highest BCUT2D eigenvalue weighted by Crippen LogP contribution is 2.15. The Morgan fingerprint density at radius 3 is 2.52 bits per heavy atom. The average Bonchev–Trinajstić information content (AvgIpc) is 2.94. The number of halogens is 2. The van der Waals surface area contributed by atoms with Gasteiger partial charge in [-0.15, -0.1) is 24.0 Å². The lowest BCUT2D eigenvalue weighted by Crippen LogP contribution is -2.38. The molecule has 2 rings (SSSR count). The van der Waals surface area contributed by atoms with Gasteiger partial charge in [-0.3, -0.25) is 4.99 Å². The smallest absolute Gasteiger partial charge is 0.194 e. The molecular weight excluding hydrogens is 479 g/mol. The molecule has 0 fully saturated rings. The maximum absolute atomic E-state index is 6.05. The Morgan fingerprint density at radius 1 is 1.26 bits per heavy atom. The molecule has 0 unspecified atom stereocenters. The first kappa shape index (κ1) is 23.6. The van der Waals surface area contributed by atoms with E-state index in [0.717, 1.165) is 34.5 Å². The normalized spacial score (nSPS) is 11.1. The number of ether oxygens (including phenoxy) is 2. The summed E-state index contributed by atoms with van der Waals surface area (Å²) in [6.45, 7) is 2.53. The van der Waals surface area contributed by atoms with Crippen molar-refractivity contribution in [1.29, 1.82) is 0 Å². The maximum Gasteiger partial charge on any atom is 0.194 e. The molecule has 0 aliphatic rings. The fourth-order valence-corrected chi connectivity index (χ4v) is 2.83. The van der Waals surface area contributed by atoms with Crippen molar-refractivity contribution in [2.75, 3.05) is 34.4 Å². The largest absolute Gasteiger partial charge is 0.491 e. The molecule has 150 valence electrons. The Balaban J connectivity index is 0.00000364. The van der Waals surface area contributed by atoms with Gasteiger partial charge in [-0.05, 0) is 23.8 Å². The van der Waals surface area contributed by atoms with Gasteiger partial charge in [0.15, 0.2) is 5.96 Å². The van der Waals surface area contributed by atoms with E-state index < -0.39 is 0 Å². The van der Waals surface area contributed by atoms with Gasteiger partial charge in [0.2, 0.25) is 0 Å². The Hall–Kier alpha value is -1.45. The van der Waals surface area contributed by atoms with Gasteiger partial charge in [0.1, 0.15) is 12.4 Å². The highest BCUT2D eigenvalue weighted by molar-refractivity contribution is 14.0. The zero-order valence-corrected chi connectivity index (χ0v) is 19.3. The summed E-state index contributed by atoms with van der Waals surface area (Å²) in [6, 6.07) is 9.97. The molecule has 0 bridgehead atoms. The summed E-state index contributed by atoms with van der Waals surface area (Å²) in [5.74, 6) is 1.66. The molecule has 8 heteroatoms. The first-order chi connectivity index (χ1) is 12.5. The third-order valence-electron chi connectivity index (χ3n) is 3.98. The molecule has 1 N–H and O–H groups in total. The standard InChI is InChI=1S/C19H27ClN4O2.HI/c1-21-19(24(3)14-17-11-16(20)13-23(17)2)22-12-15-5-7-18(8-6-15)26-10-9-25-4;/h5-8,11,13H,9-10,12,14H2,1-4H3,(H,21,22);1H. The second-order valence-corrected chi connectivity index (χ2v) is 6.44. The molecule has 0 radical (unpaired) electrons. The second kappa shape index (κ2) is 12.1. The monoisotopic (exact) mass is 506 g/mol. The van der Waals surface area contributed by atoms with E-state index >= 15 is 0 Å². The van der Waals surface area contributed by atoms with Crippen molar-refractivity contribution in [3.05, 3.63) is 52.8 Å². The van der Waals surface area contributed by atoms with E-state index in [1.54, 1.807) is 14.2 Å². The van der Waals surface area contributed by atoms with Crippen LogP contribution in [0.25, 0.3) is 0 Å². The van der Waals surface area contributed by atoms with Crippen LogP contribution in [0.15, 0.2) is 41.5 Å². The summed E-state index contributed by atoms with van der Waals surface area (Å²) in [5, 5.41) is 4.12. The molecule has 0 aliphatic carbocycles. The molecule has 6 nitrogen and oxygen atoms in total. The molecule has 2 aromatic rings. The van der Waals surface area contributed by atoms with E-state index in [1.165, 1.54) is 0 Å². The highest BCUT2D eigenvalue weighted by Gasteiger charge is 2.09. The minimum Gasteiger partial charge on any atom is -0.491 e. The predicted octanol–water partition coefficient (Wildman–Crippen LogP) is 3.53. The third-order valence-corrected chi connectivity index (χ3v) is 4.18. The van der Waals surface area contributed by atoms with Crippen molar-refractivity contribution in [2.24, 2.45) is 12.0 Å². The summed E-state index contributed by atoms with van der Waals surface area (Å²) in [4.78, 5) is 6.42. The maximum atomic E-state index is 6.05. The van der Waals surface area contributed by atoms with Crippen LogP contribution in [0.2, 0.25) is 5.02 Å². The highest BCUT2D eigenvalue weighted by atomic mass is 127. The van der Waals surface area contributed by atoms with Gasteiger partial charge in [-0.2, -0.15) is 0 Å². The van der Waals surface area contributed by atoms with Gasteiger partial charge in [0.05, 0.1) is 18.2 Å².